The Balaban J connectivity index is 2.92. The van der Waals surface area contributed by atoms with Crippen molar-refractivity contribution in [2.45, 2.75) is 37.3 Å². The third-order valence-corrected chi connectivity index (χ3v) is 3.96. The Morgan fingerprint density at radius 3 is 1.75 bits per heavy atom. The van der Waals surface area contributed by atoms with Crippen molar-refractivity contribution in [2.75, 3.05) is 0 Å². The third-order valence-electron chi connectivity index (χ3n) is 1.32. The summed E-state index contributed by atoms with van der Waals surface area (Å²) in [6.45, 7) is 4.42. The molecule has 1 nitrogen and oxygen atoms in total. The Morgan fingerprint density at radius 1 is 1.12 bits per heavy atom. The van der Waals surface area contributed by atoms with E-state index < -0.39 is 14.4 Å². The van der Waals surface area contributed by atoms with Crippen LogP contribution in [-0.4, -0.2) is 14.4 Å². The maximum Gasteiger partial charge on any atom is 0.366 e. The summed E-state index contributed by atoms with van der Waals surface area (Å²) in [5.74, 6) is 0. The topological polar surface area (TPSA) is 26.0 Å². The van der Waals surface area contributed by atoms with Crippen LogP contribution in [0.25, 0.3) is 0 Å². The molecule has 0 fully saturated rings. The Morgan fingerprint density at radius 2 is 1.50 bits per heavy atom. The first-order valence-electron chi connectivity index (χ1n) is 3.56. The van der Waals surface area contributed by atoms with E-state index in [4.69, 9.17) is 4.72 Å². The van der Waals surface area contributed by atoms with Crippen LogP contribution >= 0.6 is 0 Å². The zero-order chi connectivity index (χ0) is 6.41. The second kappa shape index (κ2) is 5.63. The molecule has 0 saturated heterocycles. The van der Waals surface area contributed by atoms with Crippen LogP contribution in [0.5, 0.6) is 0 Å². The highest BCUT2D eigenvalue weighted by Gasteiger charge is 2.07. The Labute approximate surface area is 56.9 Å². The van der Waals surface area contributed by atoms with E-state index >= 15 is 0 Å². The first-order valence-corrected chi connectivity index (χ1v) is 5.86. The van der Waals surface area contributed by atoms with Crippen LogP contribution in [0, 0.1) is 0 Å². The van der Waals surface area contributed by atoms with Gasteiger partial charge in [-0.15, -0.1) is 0 Å². The molecule has 2 heteroatoms. The minimum absolute atomic E-state index is 0.702. The van der Waals surface area contributed by atoms with Gasteiger partial charge in [-0.05, 0) is 0 Å². The van der Waals surface area contributed by atoms with Crippen molar-refractivity contribution in [3.05, 3.63) is 0 Å². The third kappa shape index (κ3) is 4.65. The Kier molecular flexibility index (Phi) is 5.97. The molecule has 0 rings (SSSR count). The Hall–Kier alpha value is 0.492. The van der Waals surface area contributed by atoms with Gasteiger partial charge in [0, 0.05) is 0 Å². The van der Waals surface area contributed by atoms with Crippen LogP contribution in [0.2, 0.25) is 10.6 Å². The molecule has 0 unspecified atom stereocenters. The average molecular weight is 129 g/mol. The molecule has 0 atom stereocenters. The fourth-order valence-electron chi connectivity index (χ4n) is 0.886. The largest absolute Gasteiger partial charge is 0.413 e. The van der Waals surface area contributed by atoms with E-state index in [0.717, 1.165) is 0 Å². The van der Waals surface area contributed by atoms with E-state index in [1.807, 2.05) is 0 Å². The smallest absolute Gasteiger partial charge is 0.366 e. The van der Waals surface area contributed by atoms with Gasteiger partial charge in [0.25, 0.3) is 0 Å². The minimum atomic E-state index is -0.702. The first-order chi connectivity index (χ1) is 3.81. The average Bonchev–Trinajstić information content (AvgIpc) is 1.68. The summed E-state index contributed by atoms with van der Waals surface area (Å²) in [4.78, 5) is 0. The predicted octanol–water partition coefficient (Wildman–Crippen LogP) is 1.76. The molecule has 0 radical (unpaired) electrons. The summed E-state index contributed by atoms with van der Waals surface area (Å²) in [5, 5.41) is 2.65. The minimum Gasteiger partial charge on any atom is -0.413 e. The molecule has 0 aromatic carbocycles. The maximum absolute atomic E-state index is 5.83. The highest BCUT2D eigenvalue weighted by Crippen LogP contribution is 1.98. The molecule has 0 aromatic rings. The molecule has 0 spiro atoms. The van der Waals surface area contributed by atoms with E-state index in [0.29, 0.717) is 0 Å². The van der Waals surface area contributed by atoms with Crippen LogP contribution in [-0.2, 0) is 0 Å². The van der Waals surface area contributed by atoms with Gasteiger partial charge in [0.15, 0.2) is 0 Å². The van der Waals surface area contributed by atoms with Gasteiger partial charge in [-0.3, -0.25) is 0 Å². The SMILES string of the molecule is CC[CH2][Al]([NH2])[CH2]CC. The normalized spacial score (nSPS) is 9.38. The van der Waals surface area contributed by atoms with E-state index in [1.165, 1.54) is 23.4 Å². The molecule has 0 saturated carbocycles. The zero-order valence-corrected chi connectivity index (χ0v) is 7.14. The first kappa shape index (κ1) is 8.49. The van der Waals surface area contributed by atoms with Gasteiger partial charge in [0.2, 0.25) is 0 Å². The van der Waals surface area contributed by atoms with Gasteiger partial charge < -0.3 is 4.72 Å². The van der Waals surface area contributed by atoms with Crippen LogP contribution < -0.4 is 4.72 Å². The highest BCUT2D eigenvalue weighted by molar-refractivity contribution is 6.55. The van der Waals surface area contributed by atoms with Crippen molar-refractivity contribution in [3.8, 4) is 0 Å². The van der Waals surface area contributed by atoms with Crippen molar-refractivity contribution in [3.63, 3.8) is 0 Å². The van der Waals surface area contributed by atoms with E-state index in [-0.39, 0.29) is 0 Å². The molecule has 2 N–H and O–H groups in total. The molecule has 0 aromatic heterocycles. The second-order valence-corrected chi connectivity index (χ2v) is 5.01. The summed E-state index contributed by atoms with van der Waals surface area (Å²) in [6.07, 6.45) is 2.57. The summed E-state index contributed by atoms with van der Waals surface area (Å²) < 4.78 is 5.83. The summed E-state index contributed by atoms with van der Waals surface area (Å²) in [6, 6.07) is 0. The standard InChI is InChI=1S/2C3H7.Al.H2N/c2*1-3-2;;/h2*1,3H2,2H3;;1H2/q;;+1;-1. The van der Waals surface area contributed by atoms with Gasteiger partial charge >= 0.3 is 14.4 Å². The summed E-state index contributed by atoms with van der Waals surface area (Å²) in [5.41, 5.74) is 0. The van der Waals surface area contributed by atoms with Crippen molar-refractivity contribution in [2.24, 2.45) is 4.72 Å². The molecule has 48 valence electrons. The van der Waals surface area contributed by atoms with Crippen molar-refractivity contribution >= 4 is 14.4 Å². The number of rotatable bonds is 4. The van der Waals surface area contributed by atoms with Gasteiger partial charge in [0.05, 0.1) is 0 Å². The molecule has 0 heterocycles. The lowest BCUT2D eigenvalue weighted by Gasteiger charge is -1.97. The van der Waals surface area contributed by atoms with Crippen molar-refractivity contribution in [1.29, 1.82) is 0 Å². The fraction of sp³-hybridized carbons (Fsp3) is 1.00. The quantitative estimate of drug-likeness (QED) is 0.575. The molecule has 8 heavy (non-hydrogen) atoms. The van der Waals surface area contributed by atoms with Gasteiger partial charge in [-0.1, -0.05) is 37.3 Å². The van der Waals surface area contributed by atoms with Crippen LogP contribution in [0.3, 0.4) is 0 Å². The summed E-state index contributed by atoms with van der Waals surface area (Å²) >= 11 is -0.702. The van der Waals surface area contributed by atoms with Crippen LogP contribution in [0.1, 0.15) is 26.7 Å². The monoisotopic (exact) mass is 129 g/mol. The van der Waals surface area contributed by atoms with Gasteiger partial charge in [-0.2, -0.15) is 0 Å². The lowest BCUT2D eigenvalue weighted by molar-refractivity contribution is 0.999. The fourth-order valence-corrected chi connectivity index (χ4v) is 2.66. The molecule has 0 bridgehead atoms. The van der Waals surface area contributed by atoms with E-state index in [2.05, 4.69) is 13.8 Å². The van der Waals surface area contributed by atoms with Crippen molar-refractivity contribution in [1.82, 2.24) is 0 Å². The summed E-state index contributed by atoms with van der Waals surface area (Å²) in [7, 11) is 0. The molecular weight excluding hydrogens is 113 g/mol. The molecule has 0 amide bonds. The second-order valence-electron chi connectivity index (χ2n) is 2.34. The molecule has 0 aliphatic carbocycles. The lowest BCUT2D eigenvalue weighted by Crippen LogP contribution is -2.23. The maximum atomic E-state index is 5.83. The van der Waals surface area contributed by atoms with E-state index in [1.54, 1.807) is 0 Å². The molecule has 0 aliphatic rings. The number of hydrogen-bond acceptors (Lipinski definition) is 1. The van der Waals surface area contributed by atoms with Crippen LogP contribution in [0.15, 0.2) is 0 Å². The highest BCUT2D eigenvalue weighted by atomic mass is 27.2. The van der Waals surface area contributed by atoms with E-state index in [9.17, 15) is 0 Å². The van der Waals surface area contributed by atoms with Crippen molar-refractivity contribution < 1.29 is 0 Å². The zero-order valence-electron chi connectivity index (χ0n) is 5.98. The van der Waals surface area contributed by atoms with Gasteiger partial charge in [-0.25, -0.2) is 0 Å². The van der Waals surface area contributed by atoms with Gasteiger partial charge in [0.1, 0.15) is 0 Å². The number of nitrogens with two attached hydrogens (primary N) is 1. The molecule has 0 aliphatic heterocycles. The molecular formula is C6H16AlN. The van der Waals surface area contributed by atoms with Crippen LogP contribution in [0.4, 0.5) is 0 Å². The Bertz CT molecular complexity index is 41.8. The number of hydrogen-bond donors (Lipinski definition) is 1. The lowest BCUT2D eigenvalue weighted by atomic mass is 10.6. The predicted molar refractivity (Wildman–Crippen MR) is 40.1 cm³/mol.